The number of nitrogens with zero attached hydrogens (tertiary/aromatic N) is 1. The van der Waals surface area contributed by atoms with Gasteiger partial charge in [0, 0.05) is 18.9 Å². The Balaban J connectivity index is 1.98. The van der Waals surface area contributed by atoms with Gasteiger partial charge in [0.25, 0.3) is 0 Å². The van der Waals surface area contributed by atoms with Crippen molar-refractivity contribution in [3.8, 4) is 11.5 Å². The molecule has 0 aliphatic carbocycles. The zero-order chi connectivity index (χ0) is 13.6. The number of alkyl halides is 2. The first-order valence-corrected chi connectivity index (χ1v) is 5.82. The third-order valence-corrected chi connectivity index (χ3v) is 3.19. The number of carbonyl (C=O) groups is 1. The molecule has 100 valence electrons. The smallest absolute Gasteiger partial charge is 0.395 e. The molecule has 4 nitrogen and oxygen atoms in total. The fourth-order valence-corrected chi connectivity index (χ4v) is 2.29. The summed E-state index contributed by atoms with van der Waals surface area (Å²) in [5.74, 6) is -0.272. The van der Waals surface area contributed by atoms with Crippen LogP contribution in [0.5, 0.6) is 11.5 Å². The zero-order valence-corrected chi connectivity index (χ0v) is 9.94. The summed E-state index contributed by atoms with van der Waals surface area (Å²) in [5, 5.41) is 0. The molecule has 2 heterocycles. The maximum atomic E-state index is 13.1. The fourth-order valence-electron chi connectivity index (χ4n) is 2.29. The predicted octanol–water partition coefficient (Wildman–Crippen LogP) is 2.55. The number of amides is 1. The lowest BCUT2D eigenvalue weighted by Gasteiger charge is -2.17. The van der Waals surface area contributed by atoms with Crippen LogP contribution in [0.2, 0.25) is 0 Å². The van der Waals surface area contributed by atoms with E-state index in [1.807, 2.05) is 0 Å². The van der Waals surface area contributed by atoms with Gasteiger partial charge in [0.05, 0.1) is 5.69 Å². The van der Waals surface area contributed by atoms with Crippen molar-refractivity contribution < 1.29 is 23.0 Å². The molecule has 2 aliphatic rings. The number of para-hydroxylation sites is 1. The first-order valence-electron chi connectivity index (χ1n) is 5.82. The van der Waals surface area contributed by atoms with E-state index < -0.39 is 6.29 Å². The fraction of sp³-hybridized carbons (Fsp3) is 0.308. The summed E-state index contributed by atoms with van der Waals surface area (Å²) in [6.07, 6.45) is -1.67. The molecular weight excluding hydrogens is 256 g/mol. The van der Waals surface area contributed by atoms with Crippen LogP contribution in [-0.2, 0) is 4.79 Å². The molecule has 0 radical (unpaired) electrons. The average molecular weight is 267 g/mol. The Morgan fingerprint density at radius 3 is 2.89 bits per heavy atom. The monoisotopic (exact) mass is 267 g/mol. The van der Waals surface area contributed by atoms with Crippen molar-refractivity contribution in [2.24, 2.45) is 5.92 Å². The summed E-state index contributed by atoms with van der Waals surface area (Å²) in [5.41, 5.74) is 0.309. The largest absolute Gasteiger partial charge is 0.586 e. The van der Waals surface area contributed by atoms with Crippen LogP contribution in [0.3, 0.4) is 0 Å². The molecular formula is C13H11F2NO3. The Morgan fingerprint density at radius 1 is 1.42 bits per heavy atom. The highest BCUT2D eigenvalue weighted by atomic mass is 19.3. The lowest BCUT2D eigenvalue weighted by atomic mass is 10.1. The highest BCUT2D eigenvalue weighted by Crippen LogP contribution is 2.48. The van der Waals surface area contributed by atoms with Gasteiger partial charge >= 0.3 is 6.29 Å². The highest BCUT2D eigenvalue weighted by Gasteiger charge is 2.46. The van der Waals surface area contributed by atoms with Crippen LogP contribution in [0.1, 0.15) is 6.42 Å². The number of rotatable bonds is 2. The molecule has 0 N–H and O–H groups in total. The van der Waals surface area contributed by atoms with E-state index in [0.29, 0.717) is 18.7 Å². The summed E-state index contributed by atoms with van der Waals surface area (Å²) < 4.78 is 35.0. The molecule has 19 heavy (non-hydrogen) atoms. The van der Waals surface area contributed by atoms with Crippen molar-refractivity contribution in [1.82, 2.24) is 0 Å². The molecule has 6 heteroatoms. The standard InChI is InChI=1S/C13H11F2NO3/c1-2-8-6-11(17)16(7-8)9-4-3-5-10-12(9)19-13(14,15)18-10/h2-5,8H,1,6-7H2. The topological polar surface area (TPSA) is 38.8 Å². The summed E-state index contributed by atoms with van der Waals surface area (Å²) in [6.45, 7) is 4.06. The van der Waals surface area contributed by atoms with Gasteiger partial charge in [-0.25, -0.2) is 0 Å². The van der Waals surface area contributed by atoms with Crippen LogP contribution >= 0.6 is 0 Å². The quantitative estimate of drug-likeness (QED) is 0.773. The van der Waals surface area contributed by atoms with E-state index in [2.05, 4.69) is 16.1 Å². The molecule has 1 aromatic rings. The molecule has 1 unspecified atom stereocenters. The number of hydrogen-bond donors (Lipinski definition) is 0. The van der Waals surface area contributed by atoms with Gasteiger partial charge in [0.1, 0.15) is 0 Å². The molecule has 1 amide bonds. The number of hydrogen-bond acceptors (Lipinski definition) is 3. The molecule has 1 atom stereocenters. The summed E-state index contributed by atoms with van der Waals surface area (Å²) in [7, 11) is 0. The molecule has 0 bridgehead atoms. The van der Waals surface area contributed by atoms with Gasteiger partial charge < -0.3 is 14.4 Å². The molecule has 0 spiro atoms. The Hall–Kier alpha value is -2.11. The van der Waals surface area contributed by atoms with Crippen molar-refractivity contribution in [3.05, 3.63) is 30.9 Å². The lowest BCUT2D eigenvalue weighted by Crippen LogP contribution is -2.27. The van der Waals surface area contributed by atoms with Crippen LogP contribution in [-0.4, -0.2) is 18.7 Å². The number of fused-ring (bicyclic) bond motifs is 1. The van der Waals surface area contributed by atoms with Crippen molar-refractivity contribution in [1.29, 1.82) is 0 Å². The van der Waals surface area contributed by atoms with Gasteiger partial charge in [-0.1, -0.05) is 12.1 Å². The molecule has 1 aromatic carbocycles. The van der Waals surface area contributed by atoms with Crippen LogP contribution in [0.15, 0.2) is 30.9 Å². The third-order valence-electron chi connectivity index (χ3n) is 3.19. The third kappa shape index (κ3) is 1.93. The maximum Gasteiger partial charge on any atom is 0.586 e. The molecule has 0 aromatic heterocycles. The lowest BCUT2D eigenvalue weighted by molar-refractivity contribution is -0.286. The number of benzene rings is 1. The minimum absolute atomic E-state index is 0.0196. The first kappa shape index (κ1) is 12.0. The number of anilines is 1. The number of carbonyl (C=O) groups excluding carboxylic acids is 1. The van der Waals surface area contributed by atoms with Crippen LogP contribution in [0.4, 0.5) is 14.5 Å². The van der Waals surface area contributed by atoms with E-state index >= 15 is 0 Å². The molecule has 3 rings (SSSR count). The molecule has 1 fully saturated rings. The maximum absolute atomic E-state index is 13.1. The molecule has 1 saturated heterocycles. The number of ether oxygens (including phenoxy) is 2. The minimum Gasteiger partial charge on any atom is -0.395 e. The van der Waals surface area contributed by atoms with Gasteiger partial charge in [-0.3, -0.25) is 4.79 Å². The van der Waals surface area contributed by atoms with E-state index in [-0.39, 0.29) is 23.3 Å². The summed E-state index contributed by atoms with van der Waals surface area (Å²) in [4.78, 5) is 13.3. The van der Waals surface area contributed by atoms with E-state index in [0.717, 1.165) is 0 Å². The van der Waals surface area contributed by atoms with Gasteiger partial charge in [0.15, 0.2) is 11.5 Å². The second-order valence-corrected chi connectivity index (χ2v) is 4.48. The van der Waals surface area contributed by atoms with Crippen molar-refractivity contribution >= 4 is 11.6 Å². The second kappa shape index (κ2) is 3.94. The highest BCUT2D eigenvalue weighted by molar-refractivity contribution is 5.98. The SMILES string of the molecule is C=CC1CC(=O)N(c2cccc3c2OC(F)(F)O3)C1. The Bertz CT molecular complexity index is 559. The van der Waals surface area contributed by atoms with Crippen molar-refractivity contribution in [2.45, 2.75) is 12.7 Å². The molecule has 0 saturated carbocycles. The second-order valence-electron chi connectivity index (χ2n) is 4.48. The van der Waals surface area contributed by atoms with Crippen molar-refractivity contribution in [2.75, 3.05) is 11.4 Å². The Morgan fingerprint density at radius 2 is 2.21 bits per heavy atom. The van der Waals surface area contributed by atoms with Gasteiger partial charge in [0.2, 0.25) is 5.91 Å². The minimum atomic E-state index is -3.68. The summed E-state index contributed by atoms with van der Waals surface area (Å²) in [6, 6.07) is 4.49. The summed E-state index contributed by atoms with van der Waals surface area (Å²) >= 11 is 0. The van der Waals surface area contributed by atoms with Crippen LogP contribution in [0, 0.1) is 5.92 Å². The van der Waals surface area contributed by atoms with E-state index in [1.54, 1.807) is 18.2 Å². The first-order chi connectivity index (χ1) is 9.00. The van der Waals surface area contributed by atoms with Crippen molar-refractivity contribution in [3.63, 3.8) is 0 Å². The number of halogens is 2. The van der Waals surface area contributed by atoms with Gasteiger partial charge in [-0.15, -0.1) is 15.4 Å². The van der Waals surface area contributed by atoms with Gasteiger partial charge in [-0.2, -0.15) is 0 Å². The predicted molar refractivity (Wildman–Crippen MR) is 63.3 cm³/mol. The zero-order valence-electron chi connectivity index (χ0n) is 9.94. The van der Waals surface area contributed by atoms with E-state index in [1.165, 1.54) is 11.0 Å². The average Bonchev–Trinajstić information content (AvgIpc) is 2.86. The molecule has 2 aliphatic heterocycles. The normalized spacial score (nSPS) is 23.8. The Labute approximate surface area is 108 Å². The van der Waals surface area contributed by atoms with Gasteiger partial charge in [-0.05, 0) is 12.1 Å². The van der Waals surface area contributed by atoms with E-state index in [9.17, 15) is 13.6 Å². The van der Waals surface area contributed by atoms with Crippen LogP contribution in [0.25, 0.3) is 0 Å². The van der Waals surface area contributed by atoms with E-state index in [4.69, 9.17) is 0 Å². The van der Waals surface area contributed by atoms with Crippen LogP contribution < -0.4 is 14.4 Å². The Kier molecular flexibility index (Phi) is 2.48.